The van der Waals surface area contributed by atoms with Crippen LogP contribution in [0.25, 0.3) is 0 Å². The number of allylic oxidation sites excluding steroid dienone is 3. The number of carbonyl (C=O) groups is 1. The van der Waals surface area contributed by atoms with E-state index < -0.39 is 12.1 Å². The summed E-state index contributed by atoms with van der Waals surface area (Å²) in [6.45, 7) is 4.27. The average molecular weight is 550 g/mol. The van der Waals surface area contributed by atoms with Crippen molar-refractivity contribution in [1.82, 2.24) is 5.32 Å². The highest BCUT2D eigenvalue weighted by molar-refractivity contribution is 5.76. The van der Waals surface area contributed by atoms with E-state index in [1.165, 1.54) is 122 Å². The van der Waals surface area contributed by atoms with Crippen LogP contribution < -0.4 is 5.32 Å². The molecule has 39 heavy (non-hydrogen) atoms. The van der Waals surface area contributed by atoms with Gasteiger partial charge in [-0.15, -0.1) is 0 Å². The van der Waals surface area contributed by atoms with E-state index in [4.69, 9.17) is 0 Å². The molecule has 1 amide bonds. The third kappa shape index (κ3) is 28.2. The lowest BCUT2D eigenvalue weighted by atomic mass is 10.0. The van der Waals surface area contributed by atoms with Gasteiger partial charge in [-0.05, 0) is 32.1 Å². The zero-order chi connectivity index (χ0) is 28.7. The number of hydrogen-bond donors (Lipinski definition) is 3. The summed E-state index contributed by atoms with van der Waals surface area (Å²) in [5.41, 5.74) is 0. The van der Waals surface area contributed by atoms with E-state index in [0.717, 1.165) is 32.1 Å². The second-order valence-electron chi connectivity index (χ2n) is 11.6. The van der Waals surface area contributed by atoms with E-state index in [2.05, 4.69) is 31.3 Å². The normalized spacial score (nSPS) is 13.4. The summed E-state index contributed by atoms with van der Waals surface area (Å²) in [5, 5.41) is 22.8. The van der Waals surface area contributed by atoms with Gasteiger partial charge in [0.15, 0.2) is 0 Å². The molecule has 230 valence electrons. The molecule has 0 aromatic heterocycles. The van der Waals surface area contributed by atoms with Crippen molar-refractivity contribution in [1.29, 1.82) is 0 Å². The summed E-state index contributed by atoms with van der Waals surface area (Å²) in [4.78, 5) is 12.3. The molecule has 0 unspecified atom stereocenters. The van der Waals surface area contributed by atoms with Crippen LogP contribution in [0.2, 0.25) is 0 Å². The minimum absolute atomic E-state index is 0.0752. The van der Waals surface area contributed by atoms with Gasteiger partial charge in [0.2, 0.25) is 5.91 Å². The maximum Gasteiger partial charge on any atom is 0.220 e. The third-order valence-electron chi connectivity index (χ3n) is 7.69. The average Bonchev–Trinajstić information content (AvgIpc) is 2.94. The van der Waals surface area contributed by atoms with E-state index in [1.807, 2.05) is 6.08 Å². The molecule has 0 saturated heterocycles. The van der Waals surface area contributed by atoms with Crippen LogP contribution in [0.4, 0.5) is 0 Å². The first kappa shape index (κ1) is 37.9. The van der Waals surface area contributed by atoms with Crippen LogP contribution in [0.15, 0.2) is 24.3 Å². The Labute approximate surface area is 243 Å². The number of carbonyl (C=O) groups excluding carboxylic acids is 1. The van der Waals surface area contributed by atoms with Crippen molar-refractivity contribution in [2.75, 3.05) is 6.61 Å². The van der Waals surface area contributed by atoms with Gasteiger partial charge in [-0.25, -0.2) is 0 Å². The van der Waals surface area contributed by atoms with Crippen LogP contribution in [-0.2, 0) is 4.79 Å². The molecule has 0 spiro atoms. The summed E-state index contributed by atoms with van der Waals surface area (Å²) in [5.74, 6) is -0.0752. The van der Waals surface area contributed by atoms with Gasteiger partial charge in [-0.3, -0.25) is 4.79 Å². The van der Waals surface area contributed by atoms with Gasteiger partial charge in [-0.2, -0.15) is 0 Å². The van der Waals surface area contributed by atoms with E-state index in [9.17, 15) is 15.0 Å². The van der Waals surface area contributed by atoms with Crippen molar-refractivity contribution in [3.63, 3.8) is 0 Å². The van der Waals surface area contributed by atoms with Gasteiger partial charge in [0.1, 0.15) is 0 Å². The second-order valence-corrected chi connectivity index (χ2v) is 11.6. The van der Waals surface area contributed by atoms with Crippen molar-refractivity contribution in [2.24, 2.45) is 0 Å². The number of unbranched alkanes of at least 4 members (excludes halogenated alkanes) is 21. The van der Waals surface area contributed by atoms with Gasteiger partial charge in [0.25, 0.3) is 0 Å². The molecular formula is C35H67NO3. The lowest BCUT2D eigenvalue weighted by Gasteiger charge is -2.19. The van der Waals surface area contributed by atoms with E-state index >= 15 is 0 Å². The van der Waals surface area contributed by atoms with E-state index in [1.54, 1.807) is 6.08 Å². The maximum atomic E-state index is 12.3. The minimum atomic E-state index is -0.855. The Morgan fingerprint density at radius 2 is 1.00 bits per heavy atom. The zero-order valence-electron chi connectivity index (χ0n) is 26.2. The zero-order valence-corrected chi connectivity index (χ0v) is 26.2. The summed E-state index contributed by atoms with van der Waals surface area (Å²) in [6, 6.07) is -0.631. The Hall–Kier alpha value is -1.13. The molecule has 0 bridgehead atoms. The van der Waals surface area contributed by atoms with Crippen LogP contribution in [0.3, 0.4) is 0 Å². The van der Waals surface area contributed by atoms with Crippen molar-refractivity contribution in [3.8, 4) is 0 Å². The molecule has 0 saturated carbocycles. The molecule has 0 rings (SSSR count). The fourth-order valence-corrected chi connectivity index (χ4v) is 5.02. The quantitative estimate of drug-likeness (QED) is 0.0617. The highest BCUT2D eigenvalue weighted by Crippen LogP contribution is 2.14. The van der Waals surface area contributed by atoms with Crippen LogP contribution >= 0.6 is 0 Å². The first-order valence-electron chi connectivity index (χ1n) is 17.1. The van der Waals surface area contributed by atoms with Gasteiger partial charge in [0.05, 0.1) is 18.8 Å². The first-order chi connectivity index (χ1) is 19.2. The Kier molecular flexibility index (Phi) is 30.5. The van der Waals surface area contributed by atoms with Crippen molar-refractivity contribution in [2.45, 2.75) is 187 Å². The Morgan fingerprint density at radius 1 is 0.590 bits per heavy atom. The summed E-state index contributed by atoms with van der Waals surface area (Å²) in [7, 11) is 0. The largest absolute Gasteiger partial charge is 0.394 e. The maximum absolute atomic E-state index is 12.3. The highest BCUT2D eigenvalue weighted by atomic mass is 16.3. The van der Waals surface area contributed by atoms with Crippen LogP contribution in [0.5, 0.6) is 0 Å². The molecule has 0 aliphatic carbocycles. The SMILES string of the molecule is CCCCCCCC/C=C/CC/C=C/[C@@H](O)[C@H](CO)NC(=O)CCCCCCCCCCCCCCCCC. The number of aliphatic hydroxyl groups excluding tert-OH is 2. The lowest BCUT2D eigenvalue weighted by molar-refractivity contribution is -0.123. The summed E-state index contributed by atoms with van der Waals surface area (Å²) in [6.07, 6.45) is 38.2. The third-order valence-corrected chi connectivity index (χ3v) is 7.69. The molecule has 0 aromatic carbocycles. The van der Waals surface area contributed by atoms with Crippen LogP contribution in [0.1, 0.15) is 174 Å². The molecule has 0 aliphatic rings. The number of rotatable bonds is 30. The van der Waals surface area contributed by atoms with Crippen molar-refractivity contribution < 1.29 is 15.0 Å². The van der Waals surface area contributed by atoms with Crippen LogP contribution in [-0.4, -0.2) is 34.9 Å². The van der Waals surface area contributed by atoms with E-state index in [-0.39, 0.29) is 12.5 Å². The molecule has 0 aliphatic heterocycles. The Morgan fingerprint density at radius 3 is 1.49 bits per heavy atom. The molecule has 0 radical (unpaired) electrons. The standard InChI is InChI=1S/C35H67NO3/c1-3-5-7-9-11-13-15-17-18-19-21-23-25-27-29-31-35(39)36-33(32-37)34(38)30-28-26-24-22-20-16-14-12-10-8-6-4-2/h20,22,28,30,33-34,37-38H,3-19,21,23-27,29,31-32H2,1-2H3,(H,36,39)/b22-20+,30-28+/t33-,34+/m0/s1. The fraction of sp³-hybridized carbons (Fsp3) is 0.857. The predicted octanol–water partition coefficient (Wildman–Crippen LogP) is 9.73. The highest BCUT2D eigenvalue weighted by Gasteiger charge is 2.17. The summed E-state index contributed by atoms with van der Waals surface area (Å²) >= 11 is 0. The number of hydrogen-bond acceptors (Lipinski definition) is 3. The molecule has 2 atom stereocenters. The molecule has 0 fully saturated rings. The summed E-state index contributed by atoms with van der Waals surface area (Å²) < 4.78 is 0. The number of amides is 1. The topological polar surface area (TPSA) is 69.6 Å². The predicted molar refractivity (Wildman–Crippen MR) is 170 cm³/mol. The lowest BCUT2D eigenvalue weighted by Crippen LogP contribution is -2.45. The van der Waals surface area contributed by atoms with Crippen molar-refractivity contribution >= 4 is 5.91 Å². The van der Waals surface area contributed by atoms with Gasteiger partial charge in [0, 0.05) is 6.42 Å². The Bertz CT molecular complexity index is 560. The Balaban J connectivity index is 3.66. The number of nitrogens with one attached hydrogen (secondary N) is 1. The van der Waals surface area contributed by atoms with Gasteiger partial charge in [-0.1, -0.05) is 160 Å². The molecular weight excluding hydrogens is 482 g/mol. The first-order valence-corrected chi connectivity index (χ1v) is 17.1. The molecule has 0 aromatic rings. The van der Waals surface area contributed by atoms with E-state index in [0.29, 0.717) is 6.42 Å². The second kappa shape index (κ2) is 31.4. The van der Waals surface area contributed by atoms with Gasteiger partial charge < -0.3 is 15.5 Å². The minimum Gasteiger partial charge on any atom is -0.394 e. The molecule has 4 nitrogen and oxygen atoms in total. The molecule has 3 N–H and O–H groups in total. The smallest absolute Gasteiger partial charge is 0.220 e. The monoisotopic (exact) mass is 550 g/mol. The van der Waals surface area contributed by atoms with Crippen molar-refractivity contribution in [3.05, 3.63) is 24.3 Å². The van der Waals surface area contributed by atoms with Gasteiger partial charge >= 0.3 is 0 Å². The van der Waals surface area contributed by atoms with Crippen LogP contribution in [0, 0.1) is 0 Å². The number of aliphatic hydroxyl groups is 2. The fourth-order valence-electron chi connectivity index (χ4n) is 5.02. The molecule has 0 heterocycles. The molecule has 4 heteroatoms.